The Morgan fingerprint density at radius 1 is 0.833 bits per heavy atom. The lowest BCUT2D eigenvalue weighted by atomic mass is 10.2. The standard InChI is InChI=1S/C8H7NO.C7H5N/c1-10-8-5-3-2-4-7(8)6-9;8-6-7-4-2-1-3-5-7/h2-5H,1H3;1-5H. The lowest BCUT2D eigenvalue weighted by Gasteiger charge is -1.98. The molecule has 88 valence electrons. The van der Waals surface area contributed by atoms with Crippen molar-refractivity contribution in [3.63, 3.8) is 0 Å². The van der Waals surface area contributed by atoms with Crippen LogP contribution in [0.1, 0.15) is 11.1 Å². The van der Waals surface area contributed by atoms with Crippen molar-refractivity contribution in [3.05, 3.63) is 65.7 Å². The number of benzene rings is 2. The van der Waals surface area contributed by atoms with Crippen molar-refractivity contribution >= 4 is 0 Å². The number of rotatable bonds is 1. The minimum atomic E-state index is 0.574. The molecule has 0 bridgehead atoms. The lowest BCUT2D eigenvalue weighted by molar-refractivity contribution is 0.413. The van der Waals surface area contributed by atoms with Crippen molar-refractivity contribution in [2.45, 2.75) is 0 Å². The fourth-order valence-corrected chi connectivity index (χ4v) is 1.25. The second-order valence-electron chi connectivity index (χ2n) is 3.29. The molecule has 0 heterocycles. The quantitative estimate of drug-likeness (QED) is 0.764. The molecule has 0 fully saturated rings. The normalized spacial score (nSPS) is 8.17. The third kappa shape index (κ3) is 4.00. The third-order valence-corrected chi connectivity index (χ3v) is 2.13. The fraction of sp³-hybridized carbons (Fsp3) is 0.0667. The van der Waals surface area contributed by atoms with Crippen LogP contribution in [0.2, 0.25) is 0 Å². The van der Waals surface area contributed by atoms with E-state index in [-0.39, 0.29) is 0 Å². The molecular formula is C15H12N2O. The van der Waals surface area contributed by atoms with E-state index < -0.39 is 0 Å². The Morgan fingerprint density at radius 3 is 1.89 bits per heavy atom. The van der Waals surface area contributed by atoms with Crippen molar-refractivity contribution in [3.8, 4) is 17.9 Å². The number of nitriles is 2. The Bertz CT molecular complexity index is 565. The molecule has 2 aromatic rings. The molecular weight excluding hydrogens is 224 g/mol. The van der Waals surface area contributed by atoms with Gasteiger partial charge in [0.05, 0.1) is 24.3 Å². The Labute approximate surface area is 106 Å². The van der Waals surface area contributed by atoms with Crippen molar-refractivity contribution in [1.82, 2.24) is 0 Å². The number of methoxy groups -OCH3 is 1. The Balaban J connectivity index is 0.000000184. The zero-order valence-corrected chi connectivity index (χ0v) is 10.00. The minimum absolute atomic E-state index is 0.574. The van der Waals surface area contributed by atoms with E-state index in [0.29, 0.717) is 16.9 Å². The van der Waals surface area contributed by atoms with Gasteiger partial charge in [0.15, 0.2) is 0 Å². The number of hydrogen-bond donors (Lipinski definition) is 0. The zero-order chi connectivity index (χ0) is 13.2. The molecule has 0 aromatic heterocycles. The second kappa shape index (κ2) is 7.49. The van der Waals surface area contributed by atoms with E-state index in [1.165, 1.54) is 0 Å². The van der Waals surface area contributed by atoms with Gasteiger partial charge in [0.25, 0.3) is 0 Å². The summed E-state index contributed by atoms with van der Waals surface area (Å²) in [6, 6.07) is 20.3. The predicted molar refractivity (Wildman–Crippen MR) is 68.9 cm³/mol. The average molecular weight is 236 g/mol. The zero-order valence-electron chi connectivity index (χ0n) is 10.00. The van der Waals surface area contributed by atoms with Gasteiger partial charge in [-0.1, -0.05) is 30.3 Å². The largest absolute Gasteiger partial charge is 0.495 e. The van der Waals surface area contributed by atoms with Crippen LogP contribution in [-0.4, -0.2) is 7.11 Å². The predicted octanol–water partition coefficient (Wildman–Crippen LogP) is 3.13. The first-order valence-electron chi connectivity index (χ1n) is 5.30. The Kier molecular flexibility index (Phi) is 5.53. The van der Waals surface area contributed by atoms with Gasteiger partial charge in [-0.25, -0.2) is 0 Å². The summed E-state index contributed by atoms with van der Waals surface area (Å²) >= 11 is 0. The second-order valence-corrected chi connectivity index (χ2v) is 3.29. The van der Waals surface area contributed by atoms with Gasteiger partial charge in [-0.05, 0) is 24.3 Å². The van der Waals surface area contributed by atoms with Gasteiger partial charge in [0.2, 0.25) is 0 Å². The van der Waals surface area contributed by atoms with E-state index in [4.69, 9.17) is 15.3 Å². The highest BCUT2D eigenvalue weighted by Gasteiger charge is 1.96. The van der Waals surface area contributed by atoms with Gasteiger partial charge < -0.3 is 4.74 Å². The maximum absolute atomic E-state index is 8.52. The summed E-state index contributed by atoms with van der Waals surface area (Å²) < 4.78 is 4.91. The van der Waals surface area contributed by atoms with Gasteiger partial charge in [-0.3, -0.25) is 0 Å². The fourth-order valence-electron chi connectivity index (χ4n) is 1.25. The van der Waals surface area contributed by atoms with Gasteiger partial charge >= 0.3 is 0 Å². The Hall–Kier alpha value is -2.78. The summed E-state index contributed by atoms with van der Waals surface area (Å²) in [5, 5.41) is 16.8. The summed E-state index contributed by atoms with van der Waals surface area (Å²) in [6.07, 6.45) is 0. The number of hydrogen-bond acceptors (Lipinski definition) is 3. The van der Waals surface area contributed by atoms with Crippen molar-refractivity contribution in [1.29, 1.82) is 10.5 Å². The molecule has 0 unspecified atom stereocenters. The third-order valence-electron chi connectivity index (χ3n) is 2.13. The molecule has 0 saturated heterocycles. The summed E-state index contributed by atoms with van der Waals surface area (Å²) in [5.74, 6) is 0.630. The molecule has 2 rings (SSSR count). The topological polar surface area (TPSA) is 56.8 Å². The molecule has 0 aliphatic carbocycles. The van der Waals surface area contributed by atoms with Crippen LogP contribution in [0.4, 0.5) is 0 Å². The van der Waals surface area contributed by atoms with E-state index >= 15 is 0 Å². The first-order valence-corrected chi connectivity index (χ1v) is 5.30. The molecule has 2 aromatic carbocycles. The SMILES string of the molecule is COc1ccccc1C#N.N#Cc1ccccc1. The molecule has 0 spiro atoms. The molecule has 0 atom stereocenters. The average Bonchev–Trinajstić information content (AvgIpc) is 2.48. The van der Waals surface area contributed by atoms with Crippen LogP contribution in [0.5, 0.6) is 5.75 Å². The highest BCUT2D eigenvalue weighted by Crippen LogP contribution is 2.14. The van der Waals surface area contributed by atoms with E-state index in [0.717, 1.165) is 0 Å². The van der Waals surface area contributed by atoms with Crippen molar-refractivity contribution in [2.75, 3.05) is 7.11 Å². The maximum atomic E-state index is 8.52. The van der Waals surface area contributed by atoms with Crippen LogP contribution in [0.3, 0.4) is 0 Å². The van der Waals surface area contributed by atoms with Crippen LogP contribution in [0.25, 0.3) is 0 Å². The van der Waals surface area contributed by atoms with Gasteiger partial charge in [-0.15, -0.1) is 0 Å². The van der Waals surface area contributed by atoms with Crippen LogP contribution in [-0.2, 0) is 0 Å². The molecule has 0 amide bonds. The maximum Gasteiger partial charge on any atom is 0.136 e. The van der Waals surface area contributed by atoms with Crippen LogP contribution in [0, 0.1) is 22.7 Å². The summed E-state index contributed by atoms with van der Waals surface area (Å²) in [5.41, 5.74) is 1.29. The molecule has 3 nitrogen and oxygen atoms in total. The molecule has 0 N–H and O–H groups in total. The highest BCUT2D eigenvalue weighted by atomic mass is 16.5. The van der Waals surface area contributed by atoms with Crippen LogP contribution >= 0.6 is 0 Å². The first-order chi connectivity index (χ1) is 8.81. The highest BCUT2D eigenvalue weighted by molar-refractivity contribution is 5.42. The summed E-state index contributed by atoms with van der Waals surface area (Å²) in [6.45, 7) is 0. The monoisotopic (exact) mass is 236 g/mol. The summed E-state index contributed by atoms with van der Waals surface area (Å²) in [4.78, 5) is 0. The van der Waals surface area contributed by atoms with Crippen LogP contribution < -0.4 is 4.74 Å². The summed E-state index contributed by atoms with van der Waals surface area (Å²) in [7, 11) is 1.55. The van der Waals surface area contributed by atoms with Crippen LogP contribution in [0.15, 0.2) is 54.6 Å². The molecule has 18 heavy (non-hydrogen) atoms. The molecule has 0 aliphatic heterocycles. The lowest BCUT2D eigenvalue weighted by Crippen LogP contribution is -1.85. The molecule has 0 radical (unpaired) electrons. The van der Waals surface area contributed by atoms with Gasteiger partial charge in [-0.2, -0.15) is 10.5 Å². The molecule has 3 heteroatoms. The number of para-hydroxylation sites is 1. The van der Waals surface area contributed by atoms with Crippen molar-refractivity contribution in [2.24, 2.45) is 0 Å². The van der Waals surface area contributed by atoms with Gasteiger partial charge in [0, 0.05) is 0 Å². The van der Waals surface area contributed by atoms with E-state index in [1.54, 1.807) is 37.4 Å². The first kappa shape index (κ1) is 13.3. The van der Waals surface area contributed by atoms with E-state index in [1.807, 2.05) is 36.4 Å². The number of ether oxygens (including phenoxy) is 1. The molecule has 0 saturated carbocycles. The Morgan fingerprint density at radius 2 is 1.44 bits per heavy atom. The molecule has 0 aliphatic rings. The van der Waals surface area contributed by atoms with E-state index in [2.05, 4.69) is 0 Å². The smallest absolute Gasteiger partial charge is 0.136 e. The minimum Gasteiger partial charge on any atom is -0.495 e. The van der Waals surface area contributed by atoms with E-state index in [9.17, 15) is 0 Å². The van der Waals surface area contributed by atoms with Gasteiger partial charge in [0.1, 0.15) is 11.8 Å². The van der Waals surface area contributed by atoms with Crippen molar-refractivity contribution < 1.29 is 4.74 Å². The number of nitrogens with zero attached hydrogens (tertiary/aromatic N) is 2.